The SMILES string of the molecule is CC(C)N(C)CC1OCCO1. The maximum absolute atomic E-state index is 5.31. The average Bonchev–Trinajstić information content (AvgIpc) is 2.39. The molecule has 0 radical (unpaired) electrons. The molecule has 0 spiro atoms. The summed E-state index contributed by atoms with van der Waals surface area (Å²) in [4.78, 5) is 2.22. The fourth-order valence-corrected chi connectivity index (χ4v) is 0.959. The molecule has 3 nitrogen and oxygen atoms in total. The first-order chi connectivity index (χ1) is 5.20. The van der Waals surface area contributed by atoms with Gasteiger partial charge < -0.3 is 9.47 Å². The number of nitrogens with zero attached hydrogens (tertiary/aromatic N) is 1. The lowest BCUT2D eigenvalue weighted by molar-refractivity contribution is -0.0620. The van der Waals surface area contributed by atoms with Crippen molar-refractivity contribution in [2.24, 2.45) is 0 Å². The number of likely N-dealkylation sites (N-methyl/N-ethyl adjacent to an activating group) is 1. The Morgan fingerprint density at radius 2 is 1.91 bits per heavy atom. The summed E-state index contributed by atoms with van der Waals surface area (Å²) in [6.07, 6.45) is 0.00222. The Hall–Kier alpha value is -0.120. The van der Waals surface area contributed by atoms with Crippen LogP contribution >= 0.6 is 0 Å². The second-order valence-electron chi connectivity index (χ2n) is 3.20. The molecular formula is C8H17NO2. The van der Waals surface area contributed by atoms with E-state index in [1.807, 2.05) is 0 Å². The van der Waals surface area contributed by atoms with E-state index in [1.54, 1.807) is 0 Å². The van der Waals surface area contributed by atoms with Gasteiger partial charge in [0, 0.05) is 12.6 Å². The fraction of sp³-hybridized carbons (Fsp3) is 1.00. The summed E-state index contributed by atoms with van der Waals surface area (Å²) < 4.78 is 10.6. The lowest BCUT2D eigenvalue weighted by Gasteiger charge is -2.23. The molecule has 0 unspecified atom stereocenters. The molecule has 1 aliphatic heterocycles. The van der Waals surface area contributed by atoms with Crippen molar-refractivity contribution in [1.82, 2.24) is 4.90 Å². The van der Waals surface area contributed by atoms with Gasteiger partial charge in [-0.25, -0.2) is 0 Å². The number of hydrogen-bond acceptors (Lipinski definition) is 3. The lowest BCUT2D eigenvalue weighted by Crippen LogP contribution is -2.34. The van der Waals surface area contributed by atoms with Crippen LogP contribution in [0.5, 0.6) is 0 Å². The number of rotatable bonds is 3. The van der Waals surface area contributed by atoms with Crippen LogP contribution in [-0.2, 0) is 9.47 Å². The first kappa shape index (κ1) is 8.97. The van der Waals surface area contributed by atoms with Crippen molar-refractivity contribution < 1.29 is 9.47 Å². The predicted molar refractivity (Wildman–Crippen MR) is 43.5 cm³/mol. The highest BCUT2D eigenvalue weighted by molar-refractivity contribution is 4.61. The molecule has 0 aliphatic carbocycles. The minimum atomic E-state index is 0.00222. The van der Waals surface area contributed by atoms with Crippen molar-refractivity contribution in [2.45, 2.75) is 26.2 Å². The predicted octanol–water partition coefficient (Wildman–Crippen LogP) is 0.700. The lowest BCUT2D eigenvalue weighted by atomic mass is 10.3. The monoisotopic (exact) mass is 159 g/mol. The molecule has 0 atom stereocenters. The standard InChI is InChI=1S/C8H17NO2/c1-7(2)9(3)6-8-10-4-5-11-8/h7-8H,4-6H2,1-3H3. The van der Waals surface area contributed by atoms with E-state index in [0.29, 0.717) is 6.04 Å². The Labute approximate surface area is 68.3 Å². The Morgan fingerprint density at radius 1 is 1.36 bits per heavy atom. The summed E-state index contributed by atoms with van der Waals surface area (Å²) in [6, 6.07) is 0.558. The first-order valence-corrected chi connectivity index (χ1v) is 4.13. The Bertz CT molecular complexity index is 111. The molecule has 0 bridgehead atoms. The summed E-state index contributed by atoms with van der Waals surface area (Å²) in [5, 5.41) is 0. The summed E-state index contributed by atoms with van der Waals surface area (Å²) in [5.41, 5.74) is 0. The van der Waals surface area contributed by atoms with Crippen molar-refractivity contribution >= 4 is 0 Å². The van der Waals surface area contributed by atoms with Gasteiger partial charge in [-0.3, -0.25) is 4.90 Å². The molecule has 1 rings (SSSR count). The van der Waals surface area contributed by atoms with Crippen LogP contribution in [-0.4, -0.2) is 44.0 Å². The molecule has 1 fully saturated rings. The van der Waals surface area contributed by atoms with Crippen LogP contribution in [0.25, 0.3) is 0 Å². The van der Waals surface area contributed by atoms with Crippen molar-refractivity contribution in [1.29, 1.82) is 0 Å². The van der Waals surface area contributed by atoms with E-state index in [-0.39, 0.29) is 6.29 Å². The van der Waals surface area contributed by atoms with E-state index in [1.165, 1.54) is 0 Å². The second-order valence-corrected chi connectivity index (χ2v) is 3.20. The molecule has 0 aromatic carbocycles. The Morgan fingerprint density at radius 3 is 2.36 bits per heavy atom. The van der Waals surface area contributed by atoms with Crippen LogP contribution in [0.15, 0.2) is 0 Å². The highest BCUT2D eigenvalue weighted by Crippen LogP contribution is 2.06. The van der Waals surface area contributed by atoms with Crippen LogP contribution in [0.2, 0.25) is 0 Å². The Balaban J connectivity index is 2.18. The molecule has 1 saturated heterocycles. The van der Waals surface area contributed by atoms with Crippen LogP contribution in [0.4, 0.5) is 0 Å². The quantitative estimate of drug-likeness (QED) is 0.605. The smallest absolute Gasteiger partial charge is 0.170 e. The normalized spacial score (nSPS) is 20.5. The highest BCUT2D eigenvalue weighted by Gasteiger charge is 2.18. The van der Waals surface area contributed by atoms with E-state index >= 15 is 0 Å². The van der Waals surface area contributed by atoms with Gasteiger partial charge in [-0.1, -0.05) is 0 Å². The summed E-state index contributed by atoms with van der Waals surface area (Å²) >= 11 is 0. The average molecular weight is 159 g/mol. The fourth-order valence-electron chi connectivity index (χ4n) is 0.959. The third-order valence-corrected chi connectivity index (χ3v) is 2.01. The molecule has 66 valence electrons. The molecule has 0 aromatic rings. The molecule has 0 N–H and O–H groups in total. The van der Waals surface area contributed by atoms with Crippen molar-refractivity contribution in [3.05, 3.63) is 0 Å². The zero-order valence-electron chi connectivity index (χ0n) is 7.54. The number of ether oxygens (including phenoxy) is 2. The van der Waals surface area contributed by atoms with Gasteiger partial charge in [0.2, 0.25) is 0 Å². The molecule has 1 aliphatic rings. The van der Waals surface area contributed by atoms with Gasteiger partial charge in [-0.2, -0.15) is 0 Å². The van der Waals surface area contributed by atoms with E-state index < -0.39 is 0 Å². The summed E-state index contributed by atoms with van der Waals surface area (Å²) in [7, 11) is 2.08. The molecule has 11 heavy (non-hydrogen) atoms. The van der Waals surface area contributed by atoms with E-state index in [4.69, 9.17) is 9.47 Å². The largest absolute Gasteiger partial charge is 0.349 e. The van der Waals surface area contributed by atoms with Gasteiger partial charge in [0.25, 0.3) is 0 Å². The zero-order valence-corrected chi connectivity index (χ0v) is 7.54. The van der Waals surface area contributed by atoms with Gasteiger partial charge in [-0.15, -0.1) is 0 Å². The first-order valence-electron chi connectivity index (χ1n) is 4.13. The molecule has 1 heterocycles. The topological polar surface area (TPSA) is 21.7 Å². The minimum Gasteiger partial charge on any atom is -0.349 e. The zero-order chi connectivity index (χ0) is 8.27. The maximum Gasteiger partial charge on any atom is 0.170 e. The van der Waals surface area contributed by atoms with Gasteiger partial charge in [0.05, 0.1) is 13.2 Å². The third kappa shape index (κ3) is 2.77. The van der Waals surface area contributed by atoms with Crippen molar-refractivity contribution in [2.75, 3.05) is 26.8 Å². The summed E-state index contributed by atoms with van der Waals surface area (Å²) in [5.74, 6) is 0. The van der Waals surface area contributed by atoms with Crippen LogP contribution in [0.3, 0.4) is 0 Å². The molecular weight excluding hydrogens is 142 g/mol. The number of hydrogen-bond donors (Lipinski definition) is 0. The van der Waals surface area contributed by atoms with Crippen LogP contribution in [0.1, 0.15) is 13.8 Å². The van der Waals surface area contributed by atoms with Gasteiger partial charge in [0.15, 0.2) is 6.29 Å². The van der Waals surface area contributed by atoms with Gasteiger partial charge >= 0.3 is 0 Å². The molecule has 3 heteroatoms. The van der Waals surface area contributed by atoms with E-state index in [0.717, 1.165) is 19.8 Å². The maximum atomic E-state index is 5.31. The molecule has 0 aromatic heterocycles. The third-order valence-electron chi connectivity index (χ3n) is 2.01. The van der Waals surface area contributed by atoms with E-state index in [9.17, 15) is 0 Å². The van der Waals surface area contributed by atoms with Crippen LogP contribution < -0.4 is 0 Å². The Kier molecular flexibility index (Phi) is 3.30. The summed E-state index contributed by atoms with van der Waals surface area (Å²) in [6.45, 7) is 6.69. The minimum absolute atomic E-state index is 0.00222. The molecule has 0 amide bonds. The highest BCUT2D eigenvalue weighted by atomic mass is 16.7. The van der Waals surface area contributed by atoms with Crippen molar-refractivity contribution in [3.8, 4) is 0 Å². The second kappa shape index (κ2) is 4.04. The van der Waals surface area contributed by atoms with Gasteiger partial charge in [-0.05, 0) is 20.9 Å². The van der Waals surface area contributed by atoms with E-state index in [2.05, 4.69) is 25.8 Å². The van der Waals surface area contributed by atoms with Gasteiger partial charge in [0.1, 0.15) is 0 Å². The van der Waals surface area contributed by atoms with Crippen molar-refractivity contribution in [3.63, 3.8) is 0 Å². The molecule has 0 saturated carbocycles. The van der Waals surface area contributed by atoms with Crippen LogP contribution in [0, 0.1) is 0 Å².